The number of hydrogen-bond donors (Lipinski definition) is 2. The fraction of sp³-hybridized carbons (Fsp3) is 0.200. The van der Waals surface area contributed by atoms with E-state index in [-0.39, 0.29) is 11.8 Å². The van der Waals surface area contributed by atoms with Crippen molar-refractivity contribution in [1.82, 2.24) is 5.32 Å². The minimum atomic E-state index is -0.629. The van der Waals surface area contributed by atoms with Crippen LogP contribution in [0.2, 0.25) is 0 Å². The zero-order chi connectivity index (χ0) is 22.1. The van der Waals surface area contributed by atoms with E-state index in [9.17, 15) is 9.59 Å². The molecule has 3 aromatic rings. The highest BCUT2D eigenvalue weighted by atomic mass is 32.2. The molecule has 6 heteroatoms. The lowest BCUT2D eigenvalue weighted by molar-refractivity contribution is -0.118. The summed E-state index contributed by atoms with van der Waals surface area (Å²) in [7, 11) is 1.57. The molecule has 0 radical (unpaired) electrons. The maximum Gasteiger partial charge on any atom is 0.251 e. The van der Waals surface area contributed by atoms with Crippen molar-refractivity contribution in [2.75, 3.05) is 24.4 Å². The van der Waals surface area contributed by atoms with Crippen molar-refractivity contribution in [1.29, 1.82) is 0 Å². The predicted molar refractivity (Wildman–Crippen MR) is 128 cm³/mol. The summed E-state index contributed by atoms with van der Waals surface area (Å²) in [5.41, 5.74) is 3.36. The van der Waals surface area contributed by atoms with E-state index in [1.54, 1.807) is 43.1 Å². The van der Waals surface area contributed by atoms with Crippen LogP contribution in [0.1, 0.15) is 16.8 Å². The Labute approximate surface area is 187 Å². The van der Waals surface area contributed by atoms with E-state index >= 15 is 0 Å². The Balaban J connectivity index is 1.66. The van der Waals surface area contributed by atoms with E-state index in [1.807, 2.05) is 60.9 Å². The quantitative estimate of drug-likeness (QED) is 0.505. The van der Waals surface area contributed by atoms with Crippen LogP contribution in [0.15, 0.2) is 78.9 Å². The summed E-state index contributed by atoms with van der Waals surface area (Å²) < 4.78 is 5.13. The maximum atomic E-state index is 12.9. The summed E-state index contributed by atoms with van der Waals surface area (Å²) in [6.07, 6.45) is 2.51. The van der Waals surface area contributed by atoms with Crippen molar-refractivity contribution in [3.63, 3.8) is 0 Å². The number of methoxy groups -OCH3 is 1. The monoisotopic (exact) mass is 434 g/mol. The number of hydrogen-bond acceptors (Lipinski definition) is 4. The molecule has 0 saturated carbocycles. The number of anilines is 1. The lowest BCUT2D eigenvalue weighted by atomic mass is 10.1. The second-order valence-electron chi connectivity index (χ2n) is 6.97. The Morgan fingerprint density at radius 3 is 2.16 bits per heavy atom. The van der Waals surface area contributed by atoms with Gasteiger partial charge in [-0.3, -0.25) is 9.59 Å². The molecule has 0 saturated heterocycles. The minimum absolute atomic E-state index is 0.233. The van der Waals surface area contributed by atoms with Gasteiger partial charge >= 0.3 is 0 Å². The zero-order valence-electron chi connectivity index (χ0n) is 17.6. The van der Waals surface area contributed by atoms with Gasteiger partial charge in [0.1, 0.15) is 11.8 Å². The molecule has 0 aliphatic rings. The molecule has 1 atom stereocenters. The largest absolute Gasteiger partial charge is 0.497 e. The number of carbonyl (C=O) groups excluding carboxylic acids is 2. The van der Waals surface area contributed by atoms with Crippen molar-refractivity contribution in [2.24, 2.45) is 0 Å². The Kier molecular flexibility index (Phi) is 8.12. The molecule has 31 heavy (non-hydrogen) atoms. The van der Waals surface area contributed by atoms with E-state index in [0.29, 0.717) is 23.4 Å². The van der Waals surface area contributed by atoms with Crippen LogP contribution in [0.25, 0.3) is 11.1 Å². The highest BCUT2D eigenvalue weighted by Gasteiger charge is 2.21. The van der Waals surface area contributed by atoms with Crippen molar-refractivity contribution in [2.45, 2.75) is 12.5 Å². The van der Waals surface area contributed by atoms with E-state index in [0.717, 1.165) is 16.9 Å². The first-order chi connectivity index (χ1) is 15.1. The van der Waals surface area contributed by atoms with Crippen molar-refractivity contribution < 1.29 is 14.3 Å². The molecule has 2 N–H and O–H groups in total. The maximum absolute atomic E-state index is 12.9. The summed E-state index contributed by atoms with van der Waals surface area (Å²) in [5, 5.41) is 5.78. The highest BCUT2D eigenvalue weighted by Crippen LogP contribution is 2.21. The van der Waals surface area contributed by atoms with Gasteiger partial charge in [0.25, 0.3) is 5.91 Å². The van der Waals surface area contributed by atoms with Crippen LogP contribution >= 0.6 is 11.8 Å². The molecule has 2 amide bonds. The summed E-state index contributed by atoms with van der Waals surface area (Å²) in [5.74, 6) is 0.910. The van der Waals surface area contributed by atoms with Crippen LogP contribution in [-0.4, -0.2) is 37.0 Å². The lowest BCUT2D eigenvalue weighted by Gasteiger charge is -2.18. The Bertz CT molecular complexity index is 990. The van der Waals surface area contributed by atoms with Crippen LogP contribution in [0.3, 0.4) is 0 Å². The summed E-state index contributed by atoms with van der Waals surface area (Å²) in [6.45, 7) is 0. The molecule has 3 rings (SSSR count). The smallest absolute Gasteiger partial charge is 0.251 e. The van der Waals surface area contributed by atoms with Gasteiger partial charge in [-0.05, 0) is 66.0 Å². The molecular weight excluding hydrogens is 408 g/mol. The van der Waals surface area contributed by atoms with Crippen LogP contribution < -0.4 is 15.4 Å². The van der Waals surface area contributed by atoms with Gasteiger partial charge in [0.05, 0.1) is 7.11 Å². The van der Waals surface area contributed by atoms with Gasteiger partial charge in [-0.15, -0.1) is 0 Å². The molecular formula is C25H26N2O3S. The molecule has 5 nitrogen and oxygen atoms in total. The van der Waals surface area contributed by atoms with Crippen LogP contribution in [0, 0.1) is 0 Å². The summed E-state index contributed by atoms with van der Waals surface area (Å²) in [6, 6.07) is 23.9. The first-order valence-corrected chi connectivity index (χ1v) is 11.4. The van der Waals surface area contributed by atoms with Gasteiger partial charge in [-0.2, -0.15) is 11.8 Å². The summed E-state index contributed by atoms with van der Waals surface area (Å²) in [4.78, 5) is 25.5. The first kappa shape index (κ1) is 22.4. The molecule has 0 aliphatic carbocycles. The molecule has 0 spiro atoms. The Morgan fingerprint density at radius 1 is 0.903 bits per heavy atom. The van der Waals surface area contributed by atoms with Gasteiger partial charge in [-0.1, -0.05) is 42.5 Å². The topological polar surface area (TPSA) is 67.4 Å². The Morgan fingerprint density at radius 2 is 1.55 bits per heavy atom. The second-order valence-corrected chi connectivity index (χ2v) is 7.95. The standard InChI is InChI=1S/C25H26N2O3S/c1-30-22-14-10-20(11-15-22)24(28)27-23(16-17-31-2)25(29)26-21-12-8-19(9-13-21)18-6-4-3-5-7-18/h3-15,23H,16-17H2,1-2H3,(H,26,29)(H,27,28)/t23-/m0/s1. The number of ether oxygens (including phenoxy) is 1. The molecule has 0 fully saturated rings. The Hall–Kier alpha value is -3.25. The van der Waals surface area contributed by atoms with Gasteiger partial charge in [-0.25, -0.2) is 0 Å². The van der Waals surface area contributed by atoms with Crippen molar-refractivity contribution in [3.8, 4) is 16.9 Å². The fourth-order valence-corrected chi connectivity index (χ4v) is 3.57. The van der Waals surface area contributed by atoms with Crippen LogP contribution in [0.4, 0.5) is 5.69 Å². The van der Waals surface area contributed by atoms with E-state index in [4.69, 9.17) is 4.74 Å². The average Bonchev–Trinajstić information content (AvgIpc) is 2.82. The second kappa shape index (κ2) is 11.2. The number of nitrogens with one attached hydrogen (secondary N) is 2. The van der Waals surface area contributed by atoms with Crippen molar-refractivity contribution in [3.05, 3.63) is 84.4 Å². The van der Waals surface area contributed by atoms with Crippen LogP contribution in [-0.2, 0) is 4.79 Å². The fourth-order valence-electron chi connectivity index (χ4n) is 3.09. The van der Waals surface area contributed by atoms with Crippen LogP contribution in [0.5, 0.6) is 5.75 Å². The van der Waals surface area contributed by atoms with Gasteiger partial charge < -0.3 is 15.4 Å². The normalized spacial score (nSPS) is 11.4. The third-order valence-electron chi connectivity index (χ3n) is 4.84. The van der Waals surface area contributed by atoms with E-state index in [1.165, 1.54) is 0 Å². The molecule has 0 aliphatic heterocycles. The lowest BCUT2D eigenvalue weighted by Crippen LogP contribution is -2.44. The highest BCUT2D eigenvalue weighted by molar-refractivity contribution is 7.98. The summed E-state index contributed by atoms with van der Waals surface area (Å²) >= 11 is 1.63. The molecule has 0 aromatic heterocycles. The molecule has 0 bridgehead atoms. The van der Waals surface area contributed by atoms with E-state index < -0.39 is 6.04 Å². The van der Waals surface area contributed by atoms with Gasteiger partial charge in [0.2, 0.25) is 5.91 Å². The number of carbonyl (C=O) groups is 2. The van der Waals surface area contributed by atoms with Crippen molar-refractivity contribution >= 4 is 29.3 Å². The van der Waals surface area contributed by atoms with Gasteiger partial charge in [0, 0.05) is 11.3 Å². The average molecular weight is 435 g/mol. The third kappa shape index (κ3) is 6.36. The molecule has 0 unspecified atom stereocenters. The first-order valence-electron chi connectivity index (χ1n) is 10.0. The van der Waals surface area contributed by atoms with Gasteiger partial charge in [0.15, 0.2) is 0 Å². The zero-order valence-corrected chi connectivity index (χ0v) is 18.4. The molecule has 3 aromatic carbocycles. The number of rotatable bonds is 9. The SMILES string of the molecule is COc1ccc(C(=O)N[C@@H](CCSC)C(=O)Nc2ccc(-c3ccccc3)cc2)cc1. The third-order valence-corrected chi connectivity index (χ3v) is 5.49. The minimum Gasteiger partial charge on any atom is -0.497 e. The number of thioether (sulfide) groups is 1. The molecule has 160 valence electrons. The molecule has 0 heterocycles. The number of benzene rings is 3. The number of amides is 2. The predicted octanol–water partition coefficient (Wildman–Crippen LogP) is 4.85. The van der Waals surface area contributed by atoms with E-state index in [2.05, 4.69) is 10.6 Å².